The number of hydrogen-bond donors (Lipinski definition) is 0. The summed E-state index contributed by atoms with van der Waals surface area (Å²) in [5.41, 5.74) is 2.22. The summed E-state index contributed by atoms with van der Waals surface area (Å²) in [5, 5.41) is 1.15. The molecular weight excluding hydrogens is 334 g/mol. The van der Waals surface area contributed by atoms with Gasteiger partial charge in [-0.05, 0) is 48.6 Å². The smallest absolute Gasteiger partial charge is 0.244 e. The normalized spacial score (nSPS) is 18.6. The van der Waals surface area contributed by atoms with Crippen molar-refractivity contribution in [1.29, 1.82) is 0 Å². The Kier molecular flexibility index (Phi) is 4.23. The molecule has 0 amide bonds. The minimum Gasteiger partial charge on any atom is -0.263 e. The summed E-state index contributed by atoms with van der Waals surface area (Å²) in [5.74, 6) is 0.317. The SMILES string of the molecule is O=S(=O)(c1cccnc1)N1CCC(Cc2ccnc3ccccc23)C1. The molecule has 1 fully saturated rings. The maximum Gasteiger partial charge on any atom is 0.244 e. The van der Waals surface area contributed by atoms with Crippen LogP contribution in [0.15, 0.2) is 66.0 Å². The summed E-state index contributed by atoms with van der Waals surface area (Å²) >= 11 is 0. The highest BCUT2D eigenvalue weighted by Crippen LogP contribution is 2.28. The standard InChI is InChI=1S/C19H19N3O2S/c23-25(24,17-4-3-9-20-13-17)22-11-8-15(14-22)12-16-7-10-21-19-6-2-1-5-18(16)19/h1-7,9-10,13,15H,8,11-12,14H2. The van der Waals surface area contributed by atoms with Crippen LogP contribution in [-0.2, 0) is 16.4 Å². The van der Waals surface area contributed by atoms with Crippen molar-refractivity contribution in [2.24, 2.45) is 5.92 Å². The van der Waals surface area contributed by atoms with Crippen LogP contribution in [0.5, 0.6) is 0 Å². The van der Waals surface area contributed by atoms with Crippen LogP contribution in [0, 0.1) is 5.92 Å². The average Bonchev–Trinajstić information content (AvgIpc) is 3.12. The number of benzene rings is 1. The van der Waals surface area contributed by atoms with Gasteiger partial charge in [0.1, 0.15) is 4.90 Å². The van der Waals surface area contributed by atoms with Crippen molar-refractivity contribution in [3.8, 4) is 0 Å². The molecule has 0 radical (unpaired) electrons. The lowest BCUT2D eigenvalue weighted by Crippen LogP contribution is -2.29. The molecule has 1 unspecified atom stereocenters. The number of rotatable bonds is 4. The minimum atomic E-state index is -3.45. The topological polar surface area (TPSA) is 63.2 Å². The van der Waals surface area contributed by atoms with Crippen molar-refractivity contribution in [2.75, 3.05) is 13.1 Å². The Morgan fingerprint density at radius 1 is 1.08 bits per heavy atom. The molecule has 3 aromatic rings. The van der Waals surface area contributed by atoms with E-state index in [1.807, 2.05) is 30.5 Å². The Labute approximate surface area is 147 Å². The van der Waals surface area contributed by atoms with Crippen molar-refractivity contribution in [1.82, 2.24) is 14.3 Å². The van der Waals surface area contributed by atoms with E-state index in [1.54, 1.807) is 22.6 Å². The van der Waals surface area contributed by atoms with Crippen molar-refractivity contribution in [3.63, 3.8) is 0 Å². The van der Waals surface area contributed by atoms with E-state index in [4.69, 9.17) is 0 Å². The van der Waals surface area contributed by atoms with Gasteiger partial charge in [-0.2, -0.15) is 4.31 Å². The molecule has 5 nitrogen and oxygen atoms in total. The summed E-state index contributed by atoms with van der Waals surface area (Å²) < 4.78 is 27.0. The van der Waals surface area contributed by atoms with E-state index in [0.29, 0.717) is 19.0 Å². The molecule has 0 aliphatic carbocycles. The van der Waals surface area contributed by atoms with E-state index in [0.717, 1.165) is 23.7 Å². The first-order chi connectivity index (χ1) is 12.1. The number of aromatic nitrogens is 2. The molecule has 1 saturated heterocycles. The van der Waals surface area contributed by atoms with Gasteiger partial charge in [0.25, 0.3) is 0 Å². The van der Waals surface area contributed by atoms with Crippen LogP contribution >= 0.6 is 0 Å². The van der Waals surface area contributed by atoms with Gasteiger partial charge in [0.15, 0.2) is 0 Å². The highest BCUT2D eigenvalue weighted by atomic mass is 32.2. The first-order valence-electron chi connectivity index (χ1n) is 8.37. The lowest BCUT2D eigenvalue weighted by Gasteiger charge is -2.16. The maximum absolute atomic E-state index is 12.7. The Morgan fingerprint density at radius 3 is 2.80 bits per heavy atom. The molecule has 0 N–H and O–H groups in total. The molecule has 0 spiro atoms. The lowest BCUT2D eigenvalue weighted by atomic mass is 9.96. The second-order valence-electron chi connectivity index (χ2n) is 6.40. The monoisotopic (exact) mass is 353 g/mol. The first-order valence-corrected chi connectivity index (χ1v) is 9.81. The predicted molar refractivity (Wildman–Crippen MR) is 96.5 cm³/mol. The molecule has 0 saturated carbocycles. The molecule has 1 aromatic carbocycles. The van der Waals surface area contributed by atoms with Crippen LogP contribution in [-0.4, -0.2) is 35.8 Å². The van der Waals surface area contributed by atoms with E-state index >= 15 is 0 Å². The molecular formula is C19H19N3O2S. The zero-order valence-electron chi connectivity index (χ0n) is 13.7. The van der Waals surface area contributed by atoms with Gasteiger partial charge in [0.05, 0.1) is 5.52 Å². The largest absolute Gasteiger partial charge is 0.263 e. The molecule has 25 heavy (non-hydrogen) atoms. The van der Waals surface area contributed by atoms with Crippen LogP contribution in [0.4, 0.5) is 0 Å². The van der Waals surface area contributed by atoms with Crippen molar-refractivity contribution in [2.45, 2.75) is 17.7 Å². The molecule has 2 aromatic heterocycles. The van der Waals surface area contributed by atoms with Gasteiger partial charge in [0.2, 0.25) is 10.0 Å². The molecule has 128 valence electrons. The van der Waals surface area contributed by atoms with Gasteiger partial charge < -0.3 is 0 Å². The summed E-state index contributed by atoms with van der Waals surface area (Å²) in [6.45, 7) is 1.11. The molecule has 3 heterocycles. The Hall–Kier alpha value is -2.31. The summed E-state index contributed by atoms with van der Waals surface area (Å²) in [4.78, 5) is 8.60. The lowest BCUT2D eigenvalue weighted by molar-refractivity contribution is 0.456. The fourth-order valence-electron chi connectivity index (χ4n) is 3.47. The highest BCUT2D eigenvalue weighted by Gasteiger charge is 2.32. The van der Waals surface area contributed by atoms with E-state index < -0.39 is 10.0 Å². The number of hydrogen-bond acceptors (Lipinski definition) is 4. The fraction of sp³-hybridized carbons (Fsp3) is 0.263. The zero-order chi connectivity index (χ0) is 17.3. The van der Waals surface area contributed by atoms with Crippen LogP contribution in [0.25, 0.3) is 10.9 Å². The van der Waals surface area contributed by atoms with Gasteiger partial charge in [-0.3, -0.25) is 9.97 Å². The Bertz CT molecular complexity index is 984. The highest BCUT2D eigenvalue weighted by molar-refractivity contribution is 7.89. The third-order valence-electron chi connectivity index (χ3n) is 4.77. The molecule has 4 rings (SSSR count). The van der Waals surface area contributed by atoms with Gasteiger partial charge in [0, 0.05) is 37.1 Å². The average molecular weight is 353 g/mol. The number of fused-ring (bicyclic) bond motifs is 1. The van der Waals surface area contributed by atoms with Gasteiger partial charge >= 0.3 is 0 Å². The van der Waals surface area contributed by atoms with Gasteiger partial charge in [-0.15, -0.1) is 0 Å². The zero-order valence-corrected chi connectivity index (χ0v) is 14.6. The maximum atomic E-state index is 12.7. The fourth-order valence-corrected chi connectivity index (χ4v) is 4.97. The quantitative estimate of drug-likeness (QED) is 0.723. The first kappa shape index (κ1) is 16.2. The summed E-state index contributed by atoms with van der Waals surface area (Å²) in [6, 6.07) is 13.4. The van der Waals surface area contributed by atoms with E-state index in [9.17, 15) is 8.42 Å². The van der Waals surface area contributed by atoms with Crippen LogP contribution in [0.1, 0.15) is 12.0 Å². The van der Waals surface area contributed by atoms with Crippen LogP contribution < -0.4 is 0 Å². The second-order valence-corrected chi connectivity index (χ2v) is 8.34. The third-order valence-corrected chi connectivity index (χ3v) is 6.62. The predicted octanol–water partition coefficient (Wildman–Crippen LogP) is 2.88. The van der Waals surface area contributed by atoms with E-state index in [-0.39, 0.29) is 4.90 Å². The van der Waals surface area contributed by atoms with E-state index in [2.05, 4.69) is 16.0 Å². The Balaban J connectivity index is 1.53. The number of nitrogens with zero attached hydrogens (tertiary/aromatic N) is 3. The molecule has 1 atom stereocenters. The van der Waals surface area contributed by atoms with Crippen molar-refractivity contribution >= 4 is 20.9 Å². The molecule has 1 aliphatic rings. The minimum absolute atomic E-state index is 0.269. The van der Waals surface area contributed by atoms with Gasteiger partial charge in [-0.25, -0.2) is 8.42 Å². The molecule has 1 aliphatic heterocycles. The van der Waals surface area contributed by atoms with Crippen LogP contribution in [0.2, 0.25) is 0 Å². The van der Waals surface area contributed by atoms with Crippen molar-refractivity contribution in [3.05, 3.63) is 66.6 Å². The Morgan fingerprint density at radius 2 is 1.96 bits per heavy atom. The summed E-state index contributed by atoms with van der Waals surface area (Å²) in [6.07, 6.45) is 6.56. The second kappa shape index (κ2) is 6.54. The summed E-state index contributed by atoms with van der Waals surface area (Å²) in [7, 11) is -3.45. The van der Waals surface area contributed by atoms with Gasteiger partial charge in [-0.1, -0.05) is 18.2 Å². The number of pyridine rings is 2. The number of sulfonamides is 1. The van der Waals surface area contributed by atoms with E-state index in [1.165, 1.54) is 11.8 Å². The van der Waals surface area contributed by atoms with Crippen molar-refractivity contribution < 1.29 is 8.42 Å². The molecule has 6 heteroatoms. The number of para-hydroxylation sites is 1. The van der Waals surface area contributed by atoms with Crippen LogP contribution in [0.3, 0.4) is 0 Å². The third kappa shape index (κ3) is 3.15. The molecule has 0 bridgehead atoms.